The summed E-state index contributed by atoms with van der Waals surface area (Å²) in [6.45, 7) is 7.86. The normalized spacial score (nSPS) is 15.4. The van der Waals surface area contributed by atoms with E-state index in [1.54, 1.807) is 19.3 Å². The van der Waals surface area contributed by atoms with Crippen LogP contribution in [-0.4, -0.2) is 59.1 Å². The lowest BCUT2D eigenvalue weighted by molar-refractivity contribution is 0.122. The van der Waals surface area contributed by atoms with Crippen molar-refractivity contribution < 1.29 is 4.74 Å². The molecule has 2 aromatic heterocycles. The third-order valence-electron chi connectivity index (χ3n) is 5.25. The number of morpholine rings is 1. The molecule has 0 aliphatic carbocycles. The van der Waals surface area contributed by atoms with Gasteiger partial charge in [0.05, 0.1) is 13.2 Å². The SMILES string of the molecule is CCn1c(C)nc2c(N3CCOCC3)nc(-c3cccc(/C(N)=C/C=NC)c3)nc21. The van der Waals surface area contributed by atoms with Crippen molar-refractivity contribution in [2.75, 3.05) is 38.3 Å². The standard InChI is InChI=1S/C22H27N7O/c1-4-29-15(2)25-19-21(28-10-12-30-13-11-28)26-20(27-22(19)29)17-7-5-6-16(14-17)18(23)8-9-24-3/h5-9,14H,4,10-13,23H2,1-3H3/b18-8-,24-9?. The molecule has 3 heterocycles. The minimum atomic E-state index is 0.645. The summed E-state index contributed by atoms with van der Waals surface area (Å²) in [5.74, 6) is 2.46. The molecule has 0 radical (unpaired) electrons. The van der Waals surface area contributed by atoms with Crippen LogP contribution in [0.15, 0.2) is 35.3 Å². The van der Waals surface area contributed by atoms with Gasteiger partial charge in [-0.15, -0.1) is 0 Å². The summed E-state index contributed by atoms with van der Waals surface area (Å²) in [6.07, 6.45) is 3.47. The van der Waals surface area contributed by atoms with Gasteiger partial charge in [-0.25, -0.2) is 15.0 Å². The fourth-order valence-electron chi connectivity index (χ4n) is 3.69. The summed E-state index contributed by atoms with van der Waals surface area (Å²) >= 11 is 0. The Hall–Kier alpha value is -3.26. The molecule has 1 aliphatic heterocycles. The van der Waals surface area contributed by atoms with E-state index >= 15 is 0 Å². The van der Waals surface area contributed by atoms with Crippen molar-refractivity contribution in [3.05, 3.63) is 41.7 Å². The molecule has 2 N–H and O–H groups in total. The molecule has 0 unspecified atom stereocenters. The van der Waals surface area contributed by atoms with Gasteiger partial charge in [0.1, 0.15) is 5.82 Å². The van der Waals surface area contributed by atoms with E-state index < -0.39 is 0 Å². The van der Waals surface area contributed by atoms with E-state index in [0.717, 1.165) is 53.6 Å². The van der Waals surface area contributed by atoms with Crippen LogP contribution in [0.1, 0.15) is 18.3 Å². The van der Waals surface area contributed by atoms with E-state index in [1.807, 2.05) is 31.2 Å². The van der Waals surface area contributed by atoms with Crippen molar-refractivity contribution in [2.45, 2.75) is 20.4 Å². The van der Waals surface area contributed by atoms with E-state index in [9.17, 15) is 0 Å². The maximum atomic E-state index is 6.21. The zero-order valence-corrected chi connectivity index (χ0v) is 17.7. The van der Waals surface area contributed by atoms with Gasteiger partial charge >= 0.3 is 0 Å². The number of nitrogens with two attached hydrogens (primary N) is 1. The van der Waals surface area contributed by atoms with Crippen LogP contribution in [0, 0.1) is 6.92 Å². The quantitative estimate of drug-likeness (QED) is 0.656. The maximum Gasteiger partial charge on any atom is 0.166 e. The summed E-state index contributed by atoms with van der Waals surface area (Å²) in [7, 11) is 1.72. The number of nitrogens with zero attached hydrogens (tertiary/aromatic N) is 6. The molecule has 1 saturated heterocycles. The Balaban J connectivity index is 1.87. The van der Waals surface area contributed by atoms with Crippen molar-refractivity contribution >= 4 is 28.9 Å². The number of hydrogen-bond acceptors (Lipinski definition) is 7. The predicted octanol–water partition coefficient (Wildman–Crippen LogP) is 2.66. The zero-order chi connectivity index (χ0) is 21.1. The van der Waals surface area contributed by atoms with Gasteiger partial charge in [0.15, 0.2) is 22.8 Å². The van der Waals surface area contributed by atoms with Gasteiger partial charge in [-0.3, -0.25) is 4.99 Å². The van der Waals surface area contributed by atoms with E-state index in [1.165, 1.54) is 0 Å². The van der Waals surface area contributed by atoms with Crippen LogP contribution in [0.5, 0.6) is 0 Å². The zero-order valence-electron chi connectivity index (χ0n) is 17.7. The first-order valence-electron chi connectivity index (χ1n) is 10.2. The second kappa shape index (κ2) is 8.62. The molecule has 3 aromatic rings. The highest BCUT2D eigenvalue weighted by Crippen LogP contribution is 2.29. The molecule has 1 aliphatic rings. The third kappa shape index (κ3) is 3.78. The van der Waals surface area contributed by atoms with Gasteiger partial charge in [0, 0.05) is 44.2 Å². The fraction of sp³-hybridized carbons (Fsp3) is 0.364. The van der Waals surface area contributed by atoms with Crippen LogP contribution in [0.3, 0.4) is 0 Å². The number of fused-ring (bicyclic) bond motifs is 1. The van der Waals surface area contributed by atoms with Crippen molar-refractivity contribution in [2.24, 2.45) is 10.7 Å². The molecule has 0 bridgehead atoms. The molecule has 1 fully saturated rings. The molecular weight excluding hydrogens is 378 g/mol. The molecule has 156 valence electrons. The molecule has 0 saturated carbocycles. The van der Waals surface area contributed by atoms with Crippen LogP contribution < -0.4 is 10.6 Å². The number of aryl methyl sites for hydroxylation is 2. The molecule has 1 aromatic carbocycles. The van der Waals surface area contributed by atoms with E-state index in [2.05, 4.69) is 21.4 Å². The molecule has 8 heteroatoms. The number of hydrogen-bond donors (Lipinski definition) is 1. The van der Waals surface area contributed by atoms with Gasteiger partial charge in [0.25, 0.3) is 0 Å². The largest absolute Gasteiger partial charge is 0.398 e. The molecular formula is C22H27N7O. The lowest BCUT2D eigenvalue weighted by Crippen LogP contribution is -2.37. The second-order valence-electron chi connectivity index (χ2n) is 7.16. The Labute approximate surface area is 176 Å². The smallest absolute Gasteiger partial charge is 0.166 e. The first kappa shape index (κ1) is 20.0. The van der Waals surface area contributed by atoms with Gasteiger partial charge < -0.3 is 19.9 Å². The molecule has 8 nitrogen and oxygen atoms in total. The van der Waals surface area contributed by atoms with Crippen LogP contribution in [0.4, 0.5) is 5.82 Å². The second-order valence-corrected chi connectivity index (χ2v) is 7.16. The number of allylic oxidation sites excluding steroid dienone is 1. The number of aliphatic imine (C=N–C) groups is 1. The Morgan fingerprint density at radius 1 is 1.23 bits per heavy atom. The van der Waals surface area contributed by atoms with E-state index in [4.69, 9.17) is 25.4 Å². The topological polar surface area (TPSA) is 94.5 Å². The van der Waals surface area contributed by atoms with Crippen LogP contribution >= 0.6 is 0 Å². The predicted molar refractivity (Wildman–Crippen MR) is 121 cm³/mol. The van der Waals surface area contributed by atoms with Crippen molar-refractivity contribution in [1.29, 1.82) is 0 Å². The Kier molecular flexibility index (Phi) is 5.76. The number of imidazole rings is 1. The minimum Gasteiger partial charge on any atom is -0.398 e. The highest BCUT2D eigenvalue weighted by atomic mass is 16.5. The summed E-state index contributed by atoms with van der Waals surface area (Å²) in [5.41, 5.74) is 10.4. The summed E-state index contributed by atoms with van der Waals surface area (Å²) < 4.78 is 7.66. The fourth-order valence-corrected chi connectivity index (χ4v) is 3.69. The number of anilines is 1. The summed E-state index contributed by atoms with van der Waals surface area (Å²) in [6, 6.07) is 7.97. The van der Waals surface area contributed by atoms with Gasteiger partial charge in [-0.05, 0) is 31.6 Å². The molecule has 30 heavy (non-hydrogen) atoms. The first-order valence-corrected chi connectivity index (χ1v) is 10.2. The van der Waals surface area contributed by atoms with E-state index in [0.29, 0.717) is 24.7 Å². The summed E-state index contributed by atoms with van der Waals surface area (Å²) in [4.78, 5) is 20.8. The number of aromatic nitrogens is 4. The van der Waals surface area contributed by atoms with Crippen molar-refractivity contribution in [3.8, 4) is 11.4 Å². The van der Waals surface area contributed by atoms with Crippen LogP contribution in [0.2, 0.25) is 0 Å². The molecule has 0 amide bonds. The highest BCUT2D eigenvalue weighted by molar-refractivity contribution is 5.87. The monoisotopic (exact) mass is 405 g/mol. The number of benzene rings is 1. The van der Waals surface area contributed by atoms with E-state index in [-0.39, 0.29) is 0 Å². The average Bonchev–Trinajstić information content (AvgIpc) is 3.12. The van der Waals surface area contributed by atoms with Gasteiger partial charge in [0.2, 0.25) is 0 Å². The number of ether oxygens (including phenoxy) is 1. The Morgan fingerprint density at radius 2 is 2.03 bits per heavy atom. The third-order valence-corrected chi connectivity index (χ3v) is 5.25. The Morgan fingerprint density at radius 3 is 2.77 bits per heavy atom. The van der Waals surface area contributed by atoms with Gasteiger partial charge in [-0.2, -0.15) is 0 Å². The lowest BCUT2D eigenvalue weighted by atomic mass is 10.1. The molecule has 0 atom stereocenters. The highest BCUT2D eigenvalue weighted by Gasteiger charge is 2.22. The van der Waals surface area contributed by atoms with Gasteiger partial charge in [-0.1, -0.05) is 18.2 Å². The minimum absolute atomic E-state index is 0.645. The lowest BCUT2D eigenvalue weighted by Gasteiger charge is -2.28. The average molecular weight is 406 g/mol. The van der Waals surface area contributed by atoms with Crippen molar-refractivity contribution in [3.63, 3.8) is 0 Å². The maximum absolute atomic E-state index is 6.21. The summed E-state index contributed by atoms with van der Waals surface area (Å²) in [5, 5.41) is 0. The molecule has 0 spiro atoms. The van der Waals surface area contributed by atoms with Crippen LogP contribution in [0.25, 0.3) is 28.2 Å². The first-order chi connectivity index (χ1) is 14.6. The van der Waals surface area contributed by atoms with Crippen LogP contribution in [-0.2, 0) is 11.3 Å². The number of rotatable bonds is 5. The molecule has 4 rings (SSSR count). The Bertz CT molecular complexity index is 1110. The van der Waals surface area contributed by atoms with Crippen molar-refractivity contribution in [1.82, 2.24) is 19.5 Å².